The number of benzene rings is 1. The number of hydrogen-bond donors (Lipinski definition) is 1. The van der Waals surface area contributed by atoms with Crippen molar-refractivity contribution in [1.82, 2.24) is 9.80 Å². The second kappa shape index (κ2) is 8.57. The third kappa shape index (κ3) is 5.89. The zero-order chi connectivity index (χ0) is 13.4. The van der Waals surface area contributed by atoms with Gasteiger partial charge < -0.3 is 9.80 Å². The highest BCUT2D eigenvalue weighted by Gasteiger charge is 2.11. The van der Waals surface area contributed by atoms with Crippen molar-refractivity contribution in [2.75, 3.05) is 46.5 Å². The van der Waals surface area contributed by atoms with Crippen LogP contribution < -0.4 is 0 Å². The molecular formula is C15H26N2S. The number of hydrogen-bond acceptors (Lipinski definition) is 3. The van der Waals surface area contributed by atoms with Crippen molar-refractivity contribution in [2.24, 2.45) is 0 Å². The van der Waals surface area contributed by atoms with Crippen molar-refractivity contribution in [1.29, 1.82) is 0 Å². The first kappa shape index (κ1) is 15.5. The lowest BCUT2D eigenvalue weighted by Gasteiger charge is -2.23. The summed E-state index contributed by atoms with van der Waals surface area (Å²) >= 11 is 4.49. The fourth-order valence-corrected chi connectivity index (χ4v) is 2.44. The van der Waals surface area contributed by atoms with E-state index in [1.165, 1.54) is 12.0 Å². The maximum Gasteiger partial charge on any atom is 0.00551 e. The zero-order valence-electron chi connectivity index (χ0n) is 11.8. The Kier molecular flexibility index (Phi) is 7.40. The summed E-state index contributed by atoms with van der Waals surface area (Å²) in [4.78, 5) is 4.65. The molecule has 0 aliphatic rings. The van der Waals surface area contributed by atoms with E-state index in [1.54, 1.807) is 0 Å². The average molecular weight is 266 g/mol. The molecule has 0 aliphatic heterocycles. The van der Waals surface area contributed by atoms with Gasteiger partial charge in [-0.25, -0.2) is 0 Å². The van der Waals surface area contributed by atoms with Gasteiger partial charge >= 0.3 is 0 Å². The lowest BCUT2D eigenvalue weighted by molar-refractivity contribution is 0.290. The minimum Gasteiger partial charge on any atom is -0.309 e. The first-order valence-electron chi connectivity index (χ1n) is 6.62. The second-order valence-corrected chi connectivity index (χ2v) is 5.57. The van der Waals surface area contributed by atoms with E-state index in [4.69, 9.17) is 0 Å². The summed E-state index contributed by atoms with van der Waals surface area (Å²) in [6.45, 7) is 3.39. The quantitative estimate of drug-likeness (QED) is 0.723. The lowest BCUT2D eigenvalue weighted by Crippen LogP contribution is -2.28. The highest BCUT2D eigenvalue weighted by molar-refractivity contribution is 7.80. The highest BCUT2D eigenvalue weighted by atomic mass is 32.1. The maximum atomic E-state index is 4.49. The minimum atomic E-state index is 0.527. The Hall–Kier alpha value is -0.510. The third-order valence-electron chi connectivity index (χ3n) is 3.17. The summed E-state index contributed by atoms with van der Waals surface area (Å²) in [5.41, 5.74) is 1.40. The Labute approximate surface area is 117 Å². The van der Waals surface area contributed by atoms with Gasteiger partial charge in [-0.05, 0) is 52.0 Å². The van der Waals surface area contributed by atoms with Gasteiger partial charge in [-0.1, -0.05) is 30.3 Å². The van der Waals surface area contributed by atoms with E-state index >= 15 is 0 Å². The van der Waals surface area contributed by atoms with Crippen LogP contribution in [0.3, 0.4) is 0 Å². The molecule has 18 heavy (non-hydrogen) atoms. The van der Waals surface area contributed by atoms with Crippen molar-refractivity contribution >= 4 is 12.6 Å². The van der Waals surface area contributed by atoms with E-state index in [1.807, 2.05) is 0 Å². The zero-order valence-corrected chi connectivity index (χ0v) is 12.7. The van der Waals surface area contributed by atoms with Crippen LogP contribution in [0.2, 0.25) is 0 Å². The Morgan fingerprint density at radius 2 is 1.72 bits per heavy atom. The van der Waals surface area contributed by atoms with Crippen molar-refractivity contribution in [3.63, 3.8) is 0 Å². The molecule has 0 saturated carbocycles. The van der Waals surface area contributed by atoms with Crippen LogP contribution in [0.1, 0.15) is 17.9 Å². The second-order valence-electron chi connectivity index (χ2n) is 5.21. The van der Waals surface area contributed by atoms with Crippen LogP contribution >= 0.6 is 12.6 Å². The van der Waals surface area contributed by atoms with Crippen LogP contribution in [0.5, 0.6) is 0 Å². The molecule has 0 aliphatic carbocycles. The average Bonchev–Trinajstić information content (AvgIpc) is 2.36. The maximum absolute atomic E-state index is 4.49. The van der Waals surface area contributed by atoms with Crippen LogP contribution in [-0.4, -0.2) is 56.3 Å². The van der Waals surface area contributed by atoms with Gasteiger partial charge in [-0.3, -0.25) is 0 Å². The van der Waals surface area contributed by atoms with Crippen molar-refractivity contribution in [3.05, 3.63) is 35.9 Å². The van der Waals surface area contributed by atoms with Crippen LogP contribution in [-0.2, 0) is 0 Å². The van der Waals surface area contributed by atoms with Gasteiger partial charge in [-0.15, -0.1) is 0 Å². The predicted octanol–water partition coefficient (Wildman–Crippen LogP) is 2.58. The Bertz CT molecular complexity index is 314. The molecule has 1 atom stereocenters. The van der Waals surface area contributed by atoms with Gasteiger partial charge in [0.2, 0.25) is 0 Å². The molecule has 1 aromatic carbocycles. The normalized spacial score (nSPS) is 13.2. The smallest absolute Gasteiger partial charge is 0.00551 e. The molecule has 1 rings (SSSR count). The Morgan fingerprint density at radius 3 is 2.28 bits per heavy atom. The molecule has 1 unspecified atom stereocenters. The fourth-order valence-electron chi connectivity index (χ4n) is 2.12. The molecule has 2 nitrogen and oxygen atoms in total. The predicted molar refractivity (Wildman–Crippen MR) is 83.7 cm³/mol. The molecule has 0 amide bonds. The summed E-state index contributed by atoms with van der Waals surface area (Å²) in [5.74, 6) is 1.43. The largest absolute Gasteiger partial charge is 0.309 e. The van der Waals surface area contributed by atoms with Gasteiger partial charge in [-0.2, -0.15) is 12.6 Å². The van der Waals surface area contributed by atoms with Gasteiger partial charge in [0.25, 0.3) is 0 Å². The minimum absolute atomic E-state index is 0.527. The summed E-state index contributed by atoms with van der Waals surface area (Å²) in [6, 6.07) is 10.7. The van der Waals surface area contributed by atoms with E-state index in [0.29, 0.717) is 5.92 Å². The highest BCUT2D eigenvalue weighted by Crippen LogP contribution is 2.17. The fraction of sp³-hybridized carbons (Fsp3) is 0.600. The lowest BCUT2D eigenvalue weighted by atomic mass is 10.0. The molecule has 3 heteroatoms. The Balaban J connectivity index is 2.39. The summed E-state index contributed by atoms with van der Waals surface area (Å²) in [7, 11) is 6.45. The number of rotatable bonds is 8. The van der Waals surface area contributed by atoms with E-state index in [2.05, 4.69) is 73.9 Å². The first-order valence-corrected chi connectivity index (χ1v) is 7.25. The molecule has 0 fully saturated rings. The van der Waals surface area contributed by atoms with E-state index < -0.39 is 0 Å². The molecule has 0 bridgehead atoms. The Morgan fingerprint density at radius 1 is 1.06 bits per heavy atom. The summed E-state index contributed by atoms with van der Waals surface area (Å²) < 4.78 is 0. The molecule has 0 aromatic heterocycles. The van der Waals surface area contributed by atoms with E-state index in [9.17, 15) is 0 Å². The molecule has 0 heterocycles. The van der Waals surface area contributed by atoms with E-state index in [0.717, 1.165) is 25.4 Å². The monoisotopic (exact) mass is 266 g/mol. The molecule has 0 radical (unpaired) electrons. The van der Waals surface area contributed by atoms with Gasteiger partial charge in [0.1, 0.15) is 0 Å². The molecule has 102 valence electrons. The van der Waals surface area contributed by atoms with Crippen molar-refractivity contribution < 1.29 is 0 Å². The molecule has 1 aromatic rings. The van der Waals surface area contributed by atoms with Crippen molar-refractivity contribution in [2.45, 2.75) is 12.3 Å². The summed E-state index contributed by atoms with van der Waals surface area (Å²) in [5, 5.41) is 0. The summed E-state index contributed by atoms with van der Waals surface area (Å²) in [6.07, 6.45) is 1.22. The van der Waals surface area contributed by atoms with Crippen LogP contribution in [0.4, 0.5) is 0 Å². The van der Waals surface area contributed by atoms with Gasteiger partial charge in [0.15, 0.2) is 0 Å². The number of likely N-dealkylation sites (N-methyl/N-ethyl adjacent to an activating group) is 1. The number of nitrogens with zero attached hydrogens (tertiary/aromatic N) is 2. The SMILES string of the molecule is CN(C)CCCN(C)CC(CS)c1ccccc1. The van der Waals surface area contributed by atoms with Gasteiger partial charge in [0.05, 0.1) is 0 Å². The topological polar surface area (TPSA) is 6.48 Å². The van der Waals surface area contributed by atoms with Crippen LogP contribution in [0.15, 0.2) is 30.3 Å². The van der Waals surface area contributed by atoms with Gasteiger partial charge in [0, 0.05) is 12.5 Å². The standard InChI is InChI=1S/C15H26N2S/c1-16(2)10-7-11-17(3)12-15(13-18)14-8-5-4-6-9-14/h4-6,8-9,15,18H,7,10-13H2,1-3H3. The number of thiol groups is 1. The van der Waals surface area contributed by atoms with Crippen molar-refractivity contribution in [3.8, 4) is 0 Å². The molecule has 0 spiro atoms. The van der Waals surface area contributed by atoms with E-state index in [-0.39, 0.29) is 0 Å². The van der Waals surface area contributed by atoms with Crippen LogP contribution in [0, 0.1) is 0 Å². The molecule has 0 N–H and O–H groups in total. The third-order valence-corrected chi connectivity index (χ3v) is 3.61. The first-order chi connectivity index (χ1) is 8.63. The molecular weight excluding hydrogens is 240 g/mol. The molecule has 0 saturated heterocycles. The van der Waals surface area contributed by atoms with Crippen LogP contribution in [0.25, 0.3) is 0 Å².